The van der Waals surface area contributed by atoms with E-state index in [4.69, 9.17) is 0 Å². The Morgan fingerprint density at radius 1 is 1.31 bits per heavy atom. The van der Waals surface area contributed by atoms with E-state index in [2.05, 4.69) is 47.6 Å². The molecule has 16 heavy (non-hydrogen) atoms. The summed E-state index contributed by atoms with van der Waals surface area (Å²) in [7, 11) is 0. The molecule has 0 aromatic heterocycles. The Kier molecular flexibility index (Phi) is 2.64. The lowest BCUT2D eigenvalue weighted by Gasteiger charge is -2.05. The molecule has 0 spiro atoms. The lowest BCUT2D eigenvalue weighted by Crippen LogP contribution is -2.22. The van der Waals surface area contributed by atoms with Gasteiger partial charge in [0.25, 0.3) is 0 Å². The first-order chi connectivity index (χ1) is 7.83. The average Bonchev–Trinajstić information content (AvgIpc) is 2.95. The summed E-state index contributed by atoms with van der Waals surface area (Å²) in [5.41, 5.74) is 1.46. The molecule has 1 aromatic carbocycles. The maximum absolute atomic E-state index is 4.49. The molecule has 84 valence electrons. The highest BCUT2D eigenvalue weighted by Crippen LogP contribution is 2.41. The Balaban J connectivity index is 1.57. The highest BCUT2D eigenvalue weighted by atomic mass is 32.2. The third-order valence-corrected chi connectivity index (χ3v) is 4.15. The van der Waals surface area contributed by atoms with Crippen molar-refractivity contribution in [1.82, 2.24) is 5.32 Å². The van der Waals surface area contributed by atoms with Crippen LogP contribution in [0.15, 0.2) is 35.3 Å². The number of hydrogen-bond acceptors (Lipinski definition) is 3. The number of thioether (sulfide) groups is 1. The van der Waals surface area contributed by atoms with Crippen molar-refractivity contribution in [3.63, 3.8) is 0 Å². The van der Waals surface area contributed by atoms with Crippen molar-refractivity contribution in [2.75, 3.05) is 6.54 Å². The van der Waals surface area contributed by atoms with Crippen LogP contribution in [-0.4, -0.2) is 23.0 Å². The Morgan fingerprint density at radius 2 is 2.12 bits per heavy atom. The van der Waals surface area contributed by atoms with Crippen molar-refractivity contribution in [2.24, 2.45) is 4.99 Å². The molecule has 3 atom stereocenters. The van der Waals surface area contributed by atoms with E-state index in [1.165, 1.54) is 12.0 Å². The van der Waals surface area contributed by atoms with Crippen molar-refractivity contribution >= 4 is 16.9 Å². The van der Waals surface area contributed by atoms with Gasteiger partial charge in [-0.2, -0.15) is 0 Å². The van der Waals surface area contributed by atoms with Crippen LogP contribution in [0.2, 0.25) is 0 Å². The minimum atomic E-state index is 0.610. The van der Waals surface area contributed by atoms with Gasteiger partial charge in [-0.3, -0.25) is 4.99 Å². The summed E-state index contributed by atoms with van der Waals surface area (Å²) in [6, 6.07) is 11.4. The second kappa shape index (κ2) is 4.13. The first kappa shape index (κ1) is 10.2. The van der Waals surface area contributed by atoms with Gasteiger partial charge in [0.2, 0.25) is 0 Å². The summed E-state index contributed by atoms with van der Waals surface area (Å²) in [6.07, 6.45) is 1.25. The fourth-order valence-corrected chi connectivity index (χ4v) is 3.04. The lowest BCUT2D eigenvalue weighted by molar-refractivity contribution is 0.872. The van der Waals surface area contributed by atoms with Crippen LogP contribution in [0.25, 0.3) is 0 Å². The molecule has 3 rings (SSSR count). The highest BCUT2D eigenvalue weighted by Gasteiger charge is 2.39. The zero-order chi connectivity index (χ0) is 11.0. The molecule has 1 aromatic rings. The van der Waals surface area contributed by atoms with Crippen molar-refractivity contribution < 1.29 is 0 Å². The molecule has 1 heterocycles. The van der Waals surface area contributed by atoms with E-state index in [0.29, 0.717) is 17.2 Å². The number of rotatable bonds is 2. The highest BCUT2D eigenvalue weighted by molar-refractivity contribution is 8.14. The molecule has 1 saturated carbocycles. The van der Waals surface area contributed by atoms with Gasteiger partial charge in [0.1, 0.15) is 0 Å². The van der Waals surface area contributed by atoms with Gasteiger partial charge in [0, 0.05) is 17.2 Å². The van der Waals surface area contributed by atoms with Crippen LogP contribution in [0.3, 0.4) is 0 Å². The second-order valence-corrected chi connectivity index (χ2v) is 6.01. The van der Waals surface area contributed by atoms with Crippen molar-refractivity contribution in [3.05, 3.63) is 35.9 Å². The van der Waals surface area contributed by atoms with Gasteiger partial charge >= 0.3 is 0 Å². The minimum absolute atomic E-state index is 0.610. The fraction of sp³-hybridized carbons (Fsp3) is 0.462. The van der Waals surface area contributed by atoms with E-state index in [9.17, 15) is 0 Å². The van der Waals surface area contributed by atoms with Gasteiger partial charge in [-0.1, -0.05) is 49.0 Å². The predicted molar refractivity (Wildman–Crippen MR) is 70.1 cm³/mol. The molecule has 1 aliphatic heterocycles. The molecule has 0 radical (unpaired) electrons. The summed E-state index contributed by atoms with van der Waals surface area (Å²) >= 11 is 1.87. The molecule has 1 N–H and O–H groups in total. The summed E-state index contributed by atoms with van der Waals surface area (Å²) in [5.74, 6) is 0.695. The van der Waals surface area contributed by atoms with Crippen molar-refractivity contribution in [3.8, 4) is 0 Å². The number of benzene rings is 1. The molecular weight excluding hydrogens is 216 g/mol. The normalized spacial score (nSPS) is 32.3. The van der Waals surface area contributed by atoms with Crippen molar-refractivity contribution in [1.29, 1.82) is 0 Å². The maximum atomic E-state index is 4.49. The maximum Gasteiger partial charge on any atom is 0.157 e. The summed E-state index contributed by atoms with van der Waals surface area (Å²) in [6.45, 7) is 3.19. The molecule has 2 aliphatic rings. The number of nitrogens with one attached hydrogen (secondary N) is 1. The van der Waals surface area contributed by atoms with Crippen LogP contribution in [-0.2, 0) is 0 Å². The SMILES string of the molecule is CC1CN=C(NC2CC2c2ccccc2)S1. The molecular formula is C13H16N2S. The van der Waals surface area contributed by atoms with E-state index in [0.717, 1.165) is 11.7 Å². The third kappa shape index (κ3) is 2.09. The van der Waals surface area contributed by atoms with Gasteiger partial charge < -0.3 is 5.32 Å². The first-order valence-corrected chi connectivity index (χ1v) is 6.73. The lowest BCUT2D eigenvalue weighted by atomic mass is 10.1. The quantitative estimate of drug-likeness (QED) is 0.847. The van der Waals surface area contributed by atoms with Gasteiger partial charge in [-0.15, -0.1) is 0 Å². The van der Waals surface area contributed by atoms with E-state index in [1.54, 1.807) is 0 Å². The molecule has 0 saturated heterocycles. The number of aliphatic imine (C=N–C) groups is 1. The molecule has 2 nitrogen and oxygen atoms in total. The Bertz CT molecular complexity index is 402. The van der Waals surface area contributed by atoms with E-state index >= 15 is 0 Å². The topological polar surface area (TPSA) is 24.4 Å². The third-order valence-electron chi connectivity index (χ3n) is 3.13. The largest absolute Gasteiger partial charge is 0.362 e. The van der Waals surface area contributed by atoms with Crippen LogP contribution >= 0.6 is 11.8 Å². The summed E-state index contributed by atoms with van der Waals surface area (Å²) in [5, 5.41) is 5.34. The summed E-state index contributed by atoms with van der Waals surface area (Å²) < 4.78 is 0. The predicted octanol–water partition coefficient (Wildman–Crippen LogP) is 2.62. The minimum Gasteiger partial charge on any atom is -0.362 e. The van der Waals surface area contributed by atoms with E-state index in [1.807, 2.05) is 11.8 Å². The smallest absolute Gasteiger partial charge is 0.157 e. The van der Waals surface area contributed by atoms with Crippen LogP contribution in [0, 0.1) is 0 Å². The molecule has 3 unspecified atom stereocenters. The van der Waals surface area contributed by atoms with Crippen LogP contribution in [0.4, 0.5) is 0 Å². The number of amidine groups is 1. The van der Waals surface area contributed by atoms with Gasteiger partial charge in [0.15, 0.2) is 5.17 Å². The summed E-state index contributed by atoms with van der Waals surface area (Å²) in [4.78, 5) is 4.49. The number of nitrogens with zero attached hydrogens (tertiary/aromatic N) is 1. The molecule has 0 amide bonds. The zero-order valence-electron chi connectivity index (χ0n) is 9.39. The molecule has 1 aliphatic carbocycles. The van der Waals surface area contributed by atoms with Crippen LogP contribution < -0.4 is 5.32 Å². The molecule has 1 fully saturated rings. The first-order valence-electron chi connectivity index (χ1n) is 5.85. The Labute approximate surface area is 101 Å². The monoisotopic (exact) mass is 232 g/mol. The fourth-order valence-electron chi connectivity index (χ4n) is 2.14. The average molecular weight is 232 g/mol. The Morgan fingerprint density at radius 3 is 2.81 bits per heavy atom. The van der Waals surface area contributed by atoms with E-state index < -0.39 is 0 Å². The zero-order valence-corrected chi connectivity index (χ0v) is 10.2. The Hall–Kier alpha value is -0.960. The van der Waals surface area contributed by atoms with E-state index in [-0.39, 0.29) is 0 Å². The second-order valence-electron chi connectivity index (χ2n) is 4.58. The number of hydrogen-bond donors (Lipinski definition) is 1. The molecule has 3 heteroatoms. The van der Waals surface area contributed by atoms with Crippen LogP contribution in [0.5, 0.6) is 0 Å². The standard InChI is InChI=1S/C13H16N2S/c1-9-8-14-13(16-9)15-12-7-11(12)10-5-3-2-4-6-10/h2-6,9,11-12H,7-8H2,1H3,(H,14,15). The van der Waals surface area contributed by atoms with Gasteiger partial charge in [0.05, 0.1) is 6.54 Å². The van der Waals surface area contributed by atoms with Gasteiger partial charge in [-0.05, 0) is 12.0 Å². The van der Waals surface area contributed by atoms with Gasteiger partial charge in [-0.25, -0.2) is 0 Å². The molecule has 0 bridgehead atoms. The van der Waals surface area contributed by atoms with Crippen molar-refractivity contribution in [2.45, 2.75) is 30.6 Å². The van der Waals surface area contributed by atoms with Crippen LogP contribution in [0.1, 0.15) is 24.8 Å².